The van der Waals surface area contributed by atoms with Gasteiger partial charge in [0.2, 0.25) is 0 Å². The van der Waals surface area contributed by atoms with Gasteiger partial charge in [-0.25, -0.2) is 4.79 Å². The highest BCUT2D eigenvalue weighted by Crippen LogP contribution is 2.21. The minimum atomic E-state index is -0.451. The molecule has 0 amide bonds. The van der Waals surface area contributed by atoms with Gasteiger partial charge in [0, 0.05) is 12.4 Å². The molecule has 0 N–H and O–H groups in total. The molecule has 0 saturated carbocycles. The fraction of sp³-hybridized carbons (Fsp3) is 0.500. The van der Waals surface area contributed by atoms with Crippen LogP contribution >= 0.6 is 0 Å². The molecule has 0 spiro atoms. The third-order valence-corrected chi connectivity index (χ3v) is 3.11. The van der Waals surface area contributed by atoms with Crippen molar-refractivity contribution < 1.29 is 9.53 Å². The predicted molar refractivity (Wildman–Crippen MR) is 76.9 cm³/mol. The van der Waals surface area contributed by atoms with E-state index in [-0.39, 0.29) is 5.97 Å². The zero-order chi connectivity index (χ0) is 14.3. The maximum absolute atomic E-state index is 11.9. The molecule has 1 aromatic heterocycles. The number of nitrogens with zero attached hydrogens (tertiary/aromatic N) is 1. The number of allylic oxidation sites excluding steroid dienone is 1. The molecular weight excluding hydrogens is 238 g/mol. The van der Waals surface area contributed by atoms with Gasteiger partial charge in [-0.1, -0.05) is 13.0 Å². The first-order valence-corrected chi connectivity index (χ1v) is 6.70. The number of esters is 1. The highest BCUT2D eigenvalue weighted by molar-refractivity contribution is 5.89. The summed E-state index contributed by atoms with van der Waals surface area (Å²) in [5.74, 6) is 0.194. The number of rotatable bonds is 7. The lowest BCUT2D eigenvalue weighted by molar-refractivity contribution is -0.00569. The van der Waals surface area contributed by atoms with Gasteiger partial charge in [0.05, 0.1) is 5.56 Å². The Morgan fingerprint density at radius 3 is 2.89 bits per heavy atom. The zero-order valence-electron chi connectivity index (χ0n) is 12.1. The molecule has 0 radical (unpaired) electrons. The second-order valence-electron chi connectivity index (χ2n) is 5.50. The highest BCUT2D eigenvalue weighted by Gasteiger charge is 2.23. The van der Waals surface area contributed by atoms with Crippen LogP contribution in [0.25, 0.3) is 0 Å². The molecule has 1 atom stereocenters. The number of hydrogen-bond acceptors (Lipinski definition) is 3. The average molecular weight is 261 g/mol. The lowest BCUT2D eigenvalue weighted by Crippen LogP contribution is -2.28. The standard InChI is InChI=1S/C16H23NO2/c1-5-13(2)8-6-10-16(3,4)19-15(18)14-9-7-11-17-12-14/h5,7,9,11-13H,1,6,8,10H2,2-4H3. The van der Waals surface area contributed by atoms with Crippen LogP contribution in [0.4, 0.5) is 0 Å². The molecule has 0 saturated heterocycles. The van der Waals surface area contributed by atoms with Crippen LogP contribution in [0.15, 0.2) is 37.2 Å². The number of ether oxygens (including phenoxy) is 1. The molecule has 0 aromatic carbocycles. The summed E-state index contributed by atoms with van der Waals surface area (Å²) in [6, 6.07) is 3.44. The van der Waals surface area contributed by atoms with Crippen molar-refractivity contribution in [3.8, 4) is 0 Å². The summed E-state index contributed by atoms with van der Waals surface area (Å²) >= 11 is 0. The van der Waals surface area contributed by atoms with Gasteiger partial charge in [0.15, 0.2) is 0 Å². The molecule has 0 aliphatic rings. The molecule has 0 aliphatic heterocycles. The van der Waals surface area contributed by atoms with Crippen LogP contribution in [0.2, 0.25) is 0 Å². The van der Waals surface area contributed by atoms with E-state index < -0.39 is 5.60 Å². The molecule has 0 aliphatic carbocycles. The average Bonchev–Trinajstić information content (AvgIpc) is 2.38. The fourth-order valence-corrected chi connectivity index (χ4v) is 1.81. The van der Waals surface area contributed by atoms with Crippen molar-refractivity contribution in [1.82, 2.24) is 4.98 Å². The van der Waals surface area contributed by atoms with E-state index in [2.05, 4.69) is 18.5 Å². The molecule has 1 rings (SSSR count). The van der Waals surface area contributed by atoms with Gasteiger partial charge in [-0.05, 0) is 51.2 Å². The van der Waals surface area contributed by atoms with E-state index in [0.717, 1.165) is 19.3 Å². The van der Waals surface area contributed by atoms with Crippen molar-refractivity contribution in [3.63, 3.8) is 0 Å². The Bertz CT molecular complexity index is 412. The smallest absolute Gasteiger partial charge is 0.340 e. The first-order chi connectivity index (χ1) is 8.94. The predicted octanol–water partition coefficient (Wildman–Crippen LogP) is 4.01. The van der Waals surface area contributed by atoms with Crippen molar-refractivity contribution in [1.29, 1.82) is 0 Å². The van der Waals surface area contributed by atoms with Crippen LogP contribution < -0.4 is 0 Å². The lowest BCUT2D eigenvalue weighted by Gasteiger charge is -2.25. The lowest BCUT2D eigenvalue weighted by atomic mass is 9.96. The number of hydrogen-bond donors (Lipinski definition) is 0. The van der Waals surface area contributed by atoms with Crippen molar-refractivity contribution in [3.05, 3.63) is 42.7 Å². The number of carbonyl (C=O) groups is 1. The first kappa shape index (κ1) is 15.4. The molecular formula is C16H23NO2. The molecule has 1 heterocycles. The summed E-state index contributed by atoms with van der Waals surface area (Å²) in [5.41, 5.74) is 0.0448. The minimum Gasteiger partial charge on any atom is -0.456 e. The van der Waals surface area contributed by atoms with Gasteiger partial charge in [0.25, 0.3) is 0 Å². The Kier molecular flexibility index (Phi) is 5.74. The van der Waals surface area contributed by atoms with Gasteiger partial charge in [-0.15, -0.1) is 6.58 Å². The molecule has 1 unspecified atom stereocenters. The maximum atomic E-state index is 11.9. The quantitative estimate of drug-likeness (QED) is 0.550. The van der Waals surface area contributed by atoms with E-state index in [9.17, 15) is 4.79 Å². The first-order valence-electron chi connectivity index (χ1n) is 6.70. The van der Waals surface area contributed by atoms with Crippen molar-refractivity contribution in [2.45, 2.75) is 45.6 Å². The van der Waals surface area contributed by atoms with Crippen molar-refractivity contribution in [2.75, 3.05) is 0 Å². The summed E-state index contributed by atoms with van der Waals surface area (Å²) in [4.78, 5) is 15.9. The Balaban J connectivity index is 2.45. The van der Waals surface area contributed by atoms with Gasteiger partial charge >= 0.3 is 5.97 Å². The summed E-state index contributed by atoms with van der Waals surface area (Å²) in [7, 11) is 0. The normalized spacial score (nSPS) is 12.8. The van der Waals surface area contributed by atoms with E-state index in [0.29, 0.717) is 11.5 Å². The van der Waals surface area contributed by atoms with Crippen LogP contribution in [0, 0.1) is 5.92 Å². The summed E-state index contributed by atoms with van der Waals surface area (Å²) in [6.07, 6.45) is 8.04. The topological polar surface area (TPSA) is 39.2 Å². The Morgan fingerprint density at radius 1 is 1.58 bits per heavy atom. The summed E-state index contributed by atoms with van der Waals surface area (Å²) in [6.45, 7) is 9.80. The number of carbonyl (C=O) groups excluding carboxylic acids is 1. The summed E-state index contributed by atoms with van der Waals surface area (Å²) < 4.78 is 5.53. The van der Waals surface area contributed by atoms with E-state index in [1.54, 1.807) is 18.3 Å². The number of pyridine rings is 1. The fourth-order valence-electron chi connectivity index (χ4n) is 1.81. The Morgan fingerprint density at radius 2 is 2.32 bits per heavy atom. The molecule has 0 bridgehead atoms. The maximum Gasteiger partial charge on any atom is 0.340 e. The van der Waals surface area contributed by atoms with Crippen molar-refractivity contribution in [2.24, 2.45) is 5.92 Å². The third kappa shape index (κ3) is 5.69. The summed E-state index contributed by atoms with van der Waals surface area (Å²) in [5, 5.41) is 0. The van der Waals surface area contributed by atoms with Crippen LogP contribution in [-0.2, 0) is 4.74 Å². The molecule has 3 heteroatoms. The van der Waals surface area contributed by atoms with Gasteiger partial charge in [-0.2, -0.15) is 0 Å². The van der Waals surface area contributed by atoms with Gasteiger partial charge < -0.3 is 4.74 Å². The van der Waals surface area contributed by atoms with E-state index in [1.165, 1.54) is 6.20 Å². The monoisotopic (exact) mass is 261 g/mol. The van der Waals surface area contributed by atoms with Crippen molar-refractivity contribution >= 4 is 5.97 Å². The zero-order valence-corrected chi connectivity index (χ0v) is 12.1. The van der Waals surface area contributed by atoms with Gasteiger partial charge in [0.1, 0.15) is 5.60 Å². The molecule has 0 fully saturated rings. The van der Waals surface area contributed by atoms with Crippen LogP contribution in [-0.4, -0.2) is 16.6 Å². The van der Waals surface area contributed by atoms with E-state index >= 15 is 0 Å². The number of aromatic nitrogens is 1. The molecule has 1 aromatic rings. The largest absolute Gasteiger partial charge is 0.456 e. The second kappa shape index (κ2) is 7.07. The van der Waals surface area contributed by atoms with Crippen LogP contribution in [0.3, 0.4) is 0 Å². The Hall–Kier alpha value is -1.64. The second-order valence-corrected chi connectivity index (χ2v) is 5.50. The minimum absolute atomic E-state index is 0.310. The molecule has 19 heavy (non-hydrogen) atoms. The third-order valence-electron chi connectivity index (χ3n) is 3.11. The van der Waals surface area contributed by atoms with Crippen LogP contribution in [0.1, 0.15) is 50.4 Å². The van der Waals surface area contributed by atoms with E-state index in [1.807, 2.05) is 19.9 Å². The van der Waals surface area contributed by atoms with Gasteiger partial charge in [-0.3, -0.25) is 4.98 Å². The molecule has 104 valence electrons. The van der Waals surface area contributed by atoms with E-state index in [4.69, 9.17) is 4.74 Å². The van der Waals surface area contributed by atoms with Crippen LogP contribution in [0.5, 0.6) is 0 Å². The molecule has 3 nitrogen and oxygen atoms in total. The SMILES string of the molecule is C=CC(C)CCCC(C)(C)OC(=O)c1cccnc1. The highest BCUT2D eigenvalue weighted by atomic mass is 16.6. The Labute approximate surface area is 115 Å².